The van der Waals surface area contributed by atoms with E-state index in [-0.39, 0.29) is 23.6 Å². The van der Waals surface area contributed by atoms with Crippen molar-refractivity contribution in [2.24, 2.45) is 0 Å². The minimum Gasteiger partial charge on any atom is -0.352 e. The van der Waals surface area contributed by atoms with Crippen LogP contribution in [0.5, 0.6) is 0 Å². The summed E-state index contributed by atoms with van der Waals surface area (Å²) < 4.78 is 35.6. The Kier molecular flexibility index (Phi) is 5.34. The van der Waals surface area contributed by atoms with Gasteiger partial charge in [0.15, 0.2) is 0 Å². The second kappa shape index (κ2) is 6.33. The number of hydrogen-bond acceptors (Lipinski definition) is 2. The van der Waals surface area contributed by atoms with Gasteiger partial charge in [-0.05, 0) is 24.6 Å². The molecule has 1 rings (SSSR count). The van der Waals surface area contributed by atoms with Gasteiger partial charge in [-0.25, -0.2) is 0 Å². The number of thiol groups is 1. The fourth-order valence-corrected chi connectivity index (χ4v) is 1.68. The van der Waals surface area contributed by atoms with E-state index >= 15 is 0 Å². The molecular formula is C11H11ClF3NOS. The van der Waals surface area contributed by atoms with Gasteiger partial charge in [0, 0.05) is 17.9 Å². The standard InChI is InChI=1S/C11H11ClF3NOS/c12-9-3-2-7(18)6-8(9)10(17)16-5-1-4-11(13,14)15/h2-3,6,18H,1,4-5H2,(H,16,17). The van der Waals surface area contributed by atoms with E-state index in [1.807, 2.05) is 0 Å². The van der Waals surface area contributed by atoms with Gasteiger partial charge in [-0.1, -0.05) is 11.6 Å². The number of halogens is 4. The summed E-state index contributed by atoms with van der Waals surface area (Å²) in [7, 11) is 0. The first-order chi connectivity index (χ1) is 8.29. The summed E-state index contributed by atoms with van der Waals surface area (Å²) in [5, 5.41) is 2.62. The van der Waals surface area contributed by atoms with Gasteiger partial charge in [0.1, 0.15) is 0 Å². The number of nitrogens with one attached hydrogen (secondary N) is 1. The highest BCUT2D eigenvalue weighted by atomic mass is 35.5. The van der Waals surface area contributed by atoms with Gasteiger partial charge < -0.3 is 5.32 Å². The molecule has 1 aromatic rings. The minimum absolute atomic E-state index is 0.0501. The first kappa shape index (κ1) is 15.2. The zero-order valence-electron chi connectivity index (χ0n) is 9.22. The van der Waals surface area contributed by atoms with Crippen molar-refractivity contribution in [2.45, 2.75) is 23.9 Å². The Morgan fingerprint density at radius 2 is 2.06 bits per heavy atom. The predicted octanol–water partition coefficient (Wildman–Crippen LogP) is 3.70. The van der Waals surface area contributed by atoms with E-state index in [0.29, 0.717) is 4.90 Å². The number of carbonyl (C=O) groups excluding carboxylic acids is 1. The van der Waals surface area contributed by atoms with Crippen molar-refractivity contribution in [3.63, 3.8) is 0 Å². The lowest BCUT2D eigenvalue weighted by Gasteiger charge is -2.08. The number of rotatable bonds is 4. The first-order valence-electron chi connectivity index (χ1n) is 5.13. The monoisotopic (exact) mass is 297 g/mol. The Morgan fingerprint density at radius 3 is 2.67 bits per heavy atom. The summed E-state index contributed by atoms with van der Waals surface area (Å²) in [6.45, 7) is -0.0501. The Balaban J connectivity index is 2.48. The van der Waals surface area contributed by atoms with E-state index in [0.717, 1.165) is 0 Å². The van der Waals surface area contributed by atoms with E-state index in [9.17, 15) is 18.0 Å². The third kappa shape index (κ3) is 5.18. The van der Waals surface area contributed by atoms with Crippen molar-refractivity contribution in [2.75, 3.05) is 6.54 Å². The largest absolute Gasteiger partial charge is 0.389 e. The summed E-state index contributed by atoms with van der Waals surface area (Å²) in [6, 6.07) is 4.59. The lowest BCUT2D eigenvalue weighted by molar-refractivity contribution is -0.135. The summed E-state index contributed by atoms with van der Waals surface area (Å²) in [5.74, 6) is -0.502. The molecule has 0 heterocycles. The highest BCUT2D eigenvalue weighted by molar-refractivity contribution is 7.80. The zero-order valence-corrected chi connectivity index (χ0v) is 10.9. The van der Waals surface area contributed by atoms with Crippen LogP contribution in [0.2, 0.25) is 5.02 Å². The summed E-state index contributed by atoms with van der Waals surface area (Å²) in [5.41, 5.74) is 0.205. The Hall–Kier alpha value is -0.880. The molecule has 18 heavy (non-hydrogen) atoms. The molecule has 1 N–H and O–H groups in total. The summed E-state index contributed by atoms with van der Waals surface area (Å²) >= 11 is 9.86. The van der Waals surface area contributed by atoms with E-state index in [1.54, 1.807) is 6.07 Å². The van der Waals surface area contributed by atoms with Crippen LogP contribution in [0.25, 0.3) is 0 Å². The first-order valence-corrected chi connectivity index (χ1v) is 5.95. The van der Waals surface area contributed by atoms with Crippen LogP contribution in [0.15, 0.2) is 23.1 Å². The Morgan fingerprint density at radius 1 is 1.39 bits per heavy atom. The third-order valence-corrected chi connectivity index (χ3v) is 2.72. The average molecular weight is 298 g/mol. The quantitative estimate of drug-likeness (QED) is 0.644. The number of alkyl halides is 3. The number of amides is 1. The molecule has 0 aliphatic carbocycles. The molecule has 0 fully saturated rings. The molecule has 1 amide bonds. The molecule has 0 radical (unpaired) electrons. The average Bonchev–Trinajstić information content (AvgIpc) is 2.26. The lowest BCUT2D eigenvalue weighted by atomic mass is 10.2. The Bertz CT molecular complexity index is 437. The number of hydrogen-bond donors (Lipinski definition) is 2. The highest BCUT2D eigenvalue weighted by Crippen LogP contribution is 2.21. The van der Waals surface area contributed by atoms with Gasteiger partial charge in [0.2, 0.25) is 0 Å². The van der Waals surface area contributed by atoms with E-state index in [4.69, 9.17) is 11.6 Å². The minimum atomic E-state index is -4.20. The Labute approximate surface area is 113 Å². The zero-order chi connectivity index (χ0) is 13.8. The molecule has 2 nitrogen and oxygen atoms in total. The van der Waals surface area contributed by atoms with Gasteiger partial charge in [-0.2, -0.15) is 13.2 Å². The van der Waals surface area contributed by atoms with Crippen molar-refractivity contribution in [3.05, 3.63) is 28.8 Å². The maximum atomic E-state index is 11.9. The van der Waals surface area contributed by atoms with E-state index < -0.39 is 18.5 Å². The van der Waals surface area contributed by atoms with E-state index in [2.05, 4.69) is 17.9 Å². The topological polar surface area (TPSA) is 29.1 Å². The second-order valence-corrected chi connectivity index (χ2v) is 4.56. The number of carbonyl (C=O) groups is 1. The van der Waals surface area contributed by atoms with Crippen LogP contribution >= 0.6 is 24.2 Å². The third-order valence-electron chi connectivity index (χ3n) is 2.12. The van der Waals surface area contributed by atoms with Crippen molar-refractivity contribution in [1.29, 1.82) is 0 Å². The molecule has 0 aliphatic heterocycles. The number of benzene rings is 1. The van der Waals surface area contributed by atoms with Crippen LogP contribution in [0.4, 0.5) is 13.2 Å². The van der Waals surface area contributed by atoms with Gasteiger partial charge in [-0.15, -0.1) is 12.6 Å². The maximum Gasteiger partial charge on any atom is 0.389 e. The normalized spacial score (nSPS) is 11.4. The summed E-state index contributed by atoms with van der Waals surface area (Å²) in [6.07, 6.45) is -5.28. The fourth-order valence-electron chi connectivity index (χ4n) is 1.27. The molecule has 1 aromatic carbocycles. The van der Waals surface area contributed by atoms with Crippen molar-refractivity contribution in [1.82, 2.24) is 5.32 Å². The molecule has 100 valence electrons. The fraction of sp³-hybridized carbons (Fsp3) is 0.364. The SMILES string of the molecule is O=C(NCCCC(F)(F)F)c1cc(S)ccc1Cl. The molecule has 0 bridgehead atoms. The van der Waals surface area contributed by atoms with Crippen molar-refractivity contribution < 1.29 is 18.0 Å². The molecule has 0 aliphatic rings. The molecule has 7 heteroatoms. The molecular weight excluding hydrogens is 287 g/mol. The van der Waals surface area contributed by atoms with Crippen LogP contribution in [-0.2, 0) is 0 Å². The van der Waals surface area contributed by atoms with Crippen LogP contribution in [-0.4, -0.2) is 18.6 Å². The smallest absolute Gasteiger partial charge is 0.352 e. The van der Waals surface area contributed by atoms with Crippen molar-refractivity contribution >= 4 is 30.1 Å². The predicted molar refractivity (Wildman–Crippen MR) is 66.3 cm³/mol. The van der Waals surface area contributed by atoms with Crippen LogP contribution < -0.4 is 5.32 Å². The van der Waals surface area contributed by atoms with Gasteiger partial charge in [0.25, 0.3) is 5.91 Å². The summed E-state index contributed by atoms with van der Waals surface area (Å²) in [4.78, 5) is 12.2. The molecule has 0 aromatic heterocycles. The van der Waals surface area contributed by atoms with Gasteiger partial charge in [0.05, 0.1) is 10.6 Å². The second-order valence-electron chi connectivity index (χ2n) is 3.64. The van der Waals surface area contributed by atoms with Crippen LogP contribution in [0, 0.1) is 0 Å². The highest BCUT2D eigenvalue weighted by Gasteiger charge is 2.26. The van der Waals surface area contributed by atoms with Crippen LogP contribution in [0.1, 0.15) is 23.2 Å². The molecule has 0 atom stereocenters. The lowest BCUT2D eigenvalue weighted by Crippen LogP contribution is -2.25. The van der Waals surface area contributed by atoms with Gasteiger partial charge in [-0.3, -0.25) is 4.79 Å². The molecule has 0 saturated carbocycles. The maximum absolute atomic E-state index is 11.9. The van der Waals surface area contributed by atoms with Crippen LogP contribution in [0.3, 0.4) is 0 Å². The van der Waals surface area contributed by atoms with Crippen molar-refractivity contribution in [3.8, 4) is 0 Å². The van der Waals surface area contributed by atoms with E-state index in [1.165, 1.54) is 12.1 Å². The van der Waals surface area contributed by atoms with Gasteiger partial charge >= 0.3 is 6.18 Å². The molecule has 0 spiro atoms. The molecule has 0 saturated heterocycles. The molecule has 0 unspecified atom stereocenters.